The fourth-order valence-corrected chi connectivity index (χ4v) is 3.31. The summed E-state index contributed by atoms with van der Waals surface area (Å²) >= 11 is 12.5. The average Bonchev–Trinajstić information content (AvgIpc) is 2.99. The molecule has 7 heteroatoms. The van der Waals surface area contributed by atoms with Crippen LogP contribution in [0.1, 0.15) is 21.3 Å². The molecule has 1 atom stereocenters. The molecule has 23 heavy (non-hydrogen) atoms. The number of carbonyl (C=O) groups is 1. The number of carbonyl (C=O) groups excluding carboxylic acids is 1. The first kappa shape index (κ1) is 17.7. The summed E-state index contributed by atoms with van der Waals surface area (Å²) in [7, 11) is 0. The quantitative estimate of drug-likeness (QED) is 0.205. The third-order valence-electron chi connectivity index (χ3n) is 3.04. The number of aromatic nitrogens is 1. The van der Waals surface area contributed by atoms with Crippen molar-refractivity contribution in [3.8, 4) is 0 Å². The molecule has 4 nitrogen and oxygen atoms in total. The molecule has 0 spiro atoms. The van der Waals surface area contributed by atoms with Crippen molar-refractivity contribution in [1.82, 2.24) is 0 Å². The third kappa shape index (κ3) is 4.45. The summed E-state index contributed by atoms with van der Waals surface area (Å²) in [5.74, 6) is -0.181. The number of halogens is 1. The summed E-state index contributed by atoms with van der Waals surface area (Å²) in [6.45, 7) is 3.82. The van der Waals surface area contributed by atoms with Crippen molar-refractivity contribution in [3.63, 3.8) is 0 Å². The van der Waals surface area contributed by atoms with E-state index in [-0.39, 0.29) is 17.4 Å². The molecule has 0 aromatic carbocycles. The summed E-state index contributed by atoms with van der Waals surface area (Å²) in [5, 5.41) is 9.56. The SMILES string of the molecule is C=CCN=C([S-])C(C(=O)c1ccc(Cl)s1)[n+]1cccc(CO)c1. The minimum Gasteiger partial charge on any atom is -0.758 e. The van der Waals surface area contributed by atoms with Gasteiger partial charge in [0.15, 0.2) is 12.4 Å². The number of aliphatic imine (C=N–C) groups is 1. The van der Waals surface area contributed by atoms with E-state index in [1.165, 1.54) is 11.3 Å². The molecule has 0 saturated carbocycles. The van der Waals surface area contributed by atoms with Gasteiger partial charge in [0.25, 0.3) is 0 Å². The van der Waals surface area contributed by atoms with Crippen LogP contribution in [-0.4, -0.2) is 22.5 Å². The number of Topliss-reactive ketones (excluding diaryl/α,β-unsaturated/α-hetero) is 1. The molecule has 0 bridgehead atoms. The first-order valence-electron chi connectivity index (χ1n) is 6.79. The Bertz CT molecular complexity index is 743. The van der Waals surface area contributed by atoms with Gasteiger partial charge < -0.3 is 22.7 Å². The minimum absolute atomic E-state index is 0.122. The Hall–Kier alpha value is -1.60. The van der Waals surface area contributed by atoms with Crippen molar-refractivity contribution < 1.29 is 14.5 Å². The number of hydrogen-bond acceptors (Lipinski definition) is 5. The maximum absolute atomic E-state index is 12.9. The van der Waals surface area contributed by atoms with Gasteiger partial charge in [0.05, 0.1) is 22.4 Å². The second-order valence-corrected chi connectivity index (χ2v) is 6.79. The van der Waals surface area contributed by atoms with E-state index < -0.39 is 6.04 Å². The second-order valence-electron chi connectivity index (χ2n) is 4.66. The van der Waals surface area contributed by atoms with Crippen molar-refractivity contribution in [3.05, 3.63) is 64.1 Å². The average molecular weight is 367 g/mol. The Kier molecular flexibility index (Phi) is 6.41. The Morgan fingerprint density at radius 2 is 2.30 bits per heavy atom. The summed E-state index contributed by atoms with van der Waals surface area (Å²) < 4.78 is 2.20. The Balaban J connectivity index is 2.46. The van der Waals surface area contributed by atoms with Crippen molar-refractivity contribution in [2.45, 2.75) is 12.6 Å². The molecule has 0 radical (unpaired) electrons. The van der Waals surface area contributed by atoms with Crippen LogP contribution >= 0.6 is 22.9 Å². The van der Waals surface area contributed by atoms with Crippen LogP contribution < -0.4 is 4.57 Å². The summed E-state index contributed by atoms with van der Waals surface area (Å²) in [6.07, 6.45) is 5.03. The zero-order chi connectivity index (χ0) is 16.8. The van der Waals surface area contributed by atoms with Gasteiger partial charge in [-0.1, -0.05) is 17.7 Å². The van der Waals surface area contributed by atoms with Gasteiger partial charge in [-0.15, -0.1) is 17.9 Å². The van der Waals surface area contributed by atoms with Gasteiger partial charge in [0.2, 0.25) is 11.8 Å². The number of hydrogen-bond donors (Lipinski definition) is 1. The van der Waals surface area contributed by atoms with Crippen LogP contribution in [0.2, 0.25) is 4.34 Å². The molecule has 0 aliphatic heterocycles. The van der Waals surface area contributed by atoms with Crippen LogP contribution in [0.3, 0.4) is 0 Å². The normalized spacial score (nSPS) is 12.9. The Labute approximate surface area is 149 Å². The lowest BCUT2D eigenvalue weighted by Gasteiger charge is -2.18. The summed E-state index contributed by atoms with van der Waals surface area (Å²) in [6, 6.07) is 6.11. The van der Waals surface area contributed by atoms with Crippen molar-refractivity contribution >= 4 is 46.4 Å². The minimum atomic E-state index is -0.758. The van der Waals surface area contributed by atoms with Gasteiger partial charge in [0, 0.05) is 11.6 Å². The largest absolute Gasteiger partial charge is 0.758 e. The molecule has 0 saturated heterocycles. The molecular weight excluding hydrogens is 352 g/mol. The molecule has 120 valence electrons. The van der Waals surface area contributed by atoms with Gasteiger partial charge >= 0.3 is 0 Å². The zero-order valence-corrected chi connectivity index (χ0v) is 14.6. The highest BCUT2D eigenvalue weighted by Crippen LogP contribution is 2.24. The number of rotatable bonds is 7. The molecule has 0 amide bonds. The molecule has 2 rings (SSSR count). The lowest BCUT2D eigenvalue weighted by molar-refractivity contribution is -0.692. The van der Waals surface area contributed by atoms with Crippen LogP contribution in [0.25, 0.3) is 0 Å². The van der Waals surface area contributed by atoms with Crippen LogP contribution in [-0.2, 0) is 19.2 Å². The highest BCUT2D eigenvalue weighted by molar-refractivity contribution is 7.77. The number of aliphatic hydroxyl groups excluding tert-OH is 1. The van der Waals surface area contributed by atoms with E-state index in [0.29, 0.717) is 21.3 Å². The van der Waals surface area contributed by atoms with E-state index in [9.17, 15) is 9.90 Å². The van der Waals surface area contributed by atoms with E-state index >= 15 is 0 Å². The third-order valence-corrected chi connectivity index (χ3v) is 4.64. The number of aliphatic hydroxyl groups is 1. The zero-order valence-electron chi connectivity index (χ0n) is 12.2. The van der Waals surface area contributed by atoms with Crippen LogP contribution in [0, 0.1) is 0 Å². The highest BCUT2D eigenvalue weighted by Gasteiger charge is 2.29. The summed E-state index contributed by atoms with van der Waals surface area (Å²) in [4.78, 5) is 17.6. The smallest absolute Gasteiger partial charge is 0.244 e. The van der Waals surface area contributed by atoms with E-state index in [1.54, 1.807) is 47.3 Å². The molecule has 2 aromatic rings. The number of nitrogens with zero attached hydrogens (tertiary/aromatic N) is 2. The lowest BCUT2D eigenvalue weighted by atomic mass is 10.1. The second kappa shape index (κ2) is 8.31. The highest BCUT2D eigenvalue weighted by atomic mass is 35.5. The fraction of sp³-hybridized carbons (Fsp3) is 0.188. The van der Waals surface area contributed by atoms with Gasteiger partial charge in [-0.2, -0.15) is 4.57 Å². The fourth-order valence-electron chi connectivity index (χ4n) is 2.00. The van der Waals surface area contributed by atoms with Crippen molar-refractivity contribution in [2.75, 3.05) is 6.54 Å². The molecule has 1 N–H and O–H groups in total. The maximum Gasteiger partial charge on any atom is 0.244 e. The van der Waals surface area contributed by atoms with E-state index in [4.69, 9.17) is 24.2 Å². The Morgan fingerprint density at radius 1 is 1.52 bits per heavy atom. The first-order chi connectivity index (χ1) is 11.1. The predicted octanol–water partition coefficient (Wildman–Crippen LogP) is 2.74. The van der Waals surface area contributed by atoms with Crippen LogP contribution in [0.15, 0.2) is 54.3 Å². The first-order valence-corrected chi connectivity index (χ1v) is 8.39. The number of pyridine rings is 1. The van der Waals surface area contributed by atoms with E-state index in [1.807, 2.05) is 0 Å². The molecule has 0 aliphatic carbocycles. The maximum atomic E-state index is 12.9. The van der Waals surface area contributed by atoms with Gasteiger partial charge in [-0.05, 0) is 23.2 Å². The summed E-state index contributed by atoms with van der Waals surface area (Å²) in [5.41, 5.74) is 0.682. The van der Waals surface area contributed by atoms with Crippen LogP contribution in [0.5, 0.6) is 0 Å². The molecule has 2 heterocycles. The molecule has 0 aliphatic rings. The lowest BCUT2D eigenvalue weighted by Crippen LogP contribution is -2.47. The molecule has 0 fully saturated rings. The Morgan fingerprint density at radius 3 is 2.91 bits per heavy atom. The molecular formula is C16H15ClN2O2S2. The van der Waals surface area contributed by atoms with Crippen molar-refractivity contribution in [1.29, 1.82) is 0 Å². The molecule has 1 unspecified atom stereocenters. The monoisotopic (exact) mass is 366 g/mol. The topological polar surface area (TPSA) is 53.5 Å². The van der Waals surface area contributed by atoms with Crippen LogP contribution in [0.4, 0.5) is 0 Å². The molecule has 2 aromatic heterocycles. The van der Waals surface area contributed by atoms with Crippen molar-refractivity contribution in [2.24, 2.45) is 4.99 Å². The predicted molar refractivity (Wildman–Crippen MR) is 95.1 cm³/mol. The van der Waals surface area contributed by atoms with E-state index in [0.717, 1.165) is 0 Å². The number of thiophene rings is 1. The number of ketones is 1. The van der Waals surface area contributed by atoms with Gasteiger partial charge in [0.1, 0.15) is 0 Å². The van der Waals surface area contributed by atoms with Gasteiger partial charge in [-0.3, -0.25) is 4.79 Å². The van der Waals surface area contributed by atoms with E-state index in [2.05, 4.69) is 11.6 Å². The van der Waals surface area contributed by atoms with Gasteiger partial charge in [-0.25, -0.2) is 0 Å². The standard InChI is InChI=1S/C16H15ClN2O2S2/c1-2-7-18-16(22)14(15(21)12-5-6-13(17)23-12)19-8-3-4-11(9-19)10-20/h2-6,8-9,14,20H,1,7,10H2.